The molecule has 4 aromatic rings. The number of benzene rings is 2. The molecule has 0 bridgehead atoms. The number of halogens is 1. The fourth-order valence-corrected chi connectivity index (χ4v) is 3.25. The van der Waals surface area contributed by atoms with Crippen molar-refractivity contribution in [3.05, 3.63) is 75.4 Å². The summed E-state index contributed by atoms with van der Waals surface area (Å²) < 4.78 is 5.37. The fraction of sp³-hybridized carbons (Fsp3) is 0.105. The topological polar surface area (TPSA) is 51.8 Å². The van der Waals surface area contributed by atoms with E-state index in [2.05, 4.69) is 20.5 Å². The maximum absolute atomic E-state index is 5.90. The van der Waals surface area contributed by atoms with E-state index in [-0.39, 0.29) is 0 Å². The minimum Gasteiger partial charge on any atom is -0.339 e. The van der Waals surface area contributed by atoms with Gasteiger partial charge in [-0.1, -0.05) is 53.2 Å². The van der Waals surface area contributed by atoms with Crippen molar-refractivity contribution in [1.82, 2.24) is 15.1 Å². The van der Waals surface area contributed by atoms with Gasteiger partial charge in [-0.05, 0) is 24.6 Å². The van der Waals surface area contributed by atoms with Gasteiger partial charge in [0.05, 0.1) is 17.1 Å². The molecule has 0 aliphatic heterocycles. The smallest absolute Gasteiger partial charge is 0.231 e. The van der Waals surface area contributed by atoms with E-state index < -0.39 is 0 Å². The summed E-state index contributed by atoms with van der Waals surface area (Å²) in [6.45, 7) is 2.00. The number of hydrogen-bond donors (Lipinski definition) is 0. The Labute approximate surface area is 154 Å². The Morgan fingerprint density at radius 2 is 1.68 bits per heavy atom. The van der Waals surface area contributed by atoms with Crippen LogP contribution in [0.15, 0.2) is 58.4 Å². The summed E-state index contributed by atoms with van der Waals surface area (Å²) in [5, 5.41) is 7.91. The quantitative estimate of drug-likeness (QED) is 0.483. The third kappa shape index (κ3) is 3.62. The largest absolute Gasteiger partial charge is 0.339 e. The zero-order valence-corrected chi connectivity index (χ0v) is 15.0. The van der Waals surface area contributed by atoms with Gasteiger partial charge < -0.3 is 4.52 Å². The molecule has 0 saturated heterocycles. The van der Waals surface area contributed by atoms with Crippen LogP contribution in [-0.2, 0) is 6.42 Å². The van der Waals surface area contributed by atoms with Crippen LogP contribution < -0.4 is 0 Å². The Morgan fingerprint density at radius 1 is 0.960 bits per heavy atom. The molecule has 2 heterocycles. The highest BCUT2D eigenvalue weighted by molar-refractivity contribution is 7.09. The maximum atomic E-state index is 5.90. The van der Waals surface area contributed by atoms with Gasteiger partial charge in [-0.2, -0.15) is 4.98 Å². The van der Waals surface area contributed by atoms with Gasteiger partial charge in [-0.3, -0.25) is 0 Å². The van der Waals surface area contributed by atoms with Crippen LogP contribution in [0.3, 0.4) is 0 Å². The molecule has 0 fully saturated rings. The summed E-state index contributed by atoms with van der Waals surface area (Å²) in [7, 11) is 0. The molecule has 0 aliphatic rings. The second-order valence-electron chi connectivity index (χ2n) is 5.64. The normalized spacial score (nSPS) is 11.0. The molecule has 0 atom stereocenters. The van der Waals surface area contributed by atoms with Crippen molar-refractivity contribution in [2.24, 2.45) is 0 Å². The minimum atomic E-state index is 0.580. The van der Waals surface area contributed by atoms with Crippen molar-refractivity contribution >= 4 is 22.9 Å². The van der Waals surface area contributed by atoms with Gasteiger partial charge in [0.1, 0.15) is 0 Å². The first kappa shape index (κ1) is 16.0. The van der Waals surface area contributed by atoms with Crippen LogP contribution in [-0.4, -0.2) is 15.1 Å². The number of aryl methyl sites for hydroxylation is 1. The van der Waals surface area contributed by atoms with Crippen molar-refractivity contribution in [1.29, 1.82) is 0 Å². The average Bonchev–Trinajstić information content (AvgIpc) is 3.26. The molecule has 25 heavy (non-hydrogen) atoms. The third-order valence-corrected chi connectivity index (χ3v) is 4.82. The first-order valence-electron chi connectivity index (χ1n) is 7.77. The van der Waals surface area contributed by atoms with Crippen molar-refractivity contribution < 1.29 is 4.52 Å². The van der Waals surface area contributed by atoms with E-state index in [1.807, 2.05) is 55.5 Å². The highest BCUT2D eigenvalue weighted by Gasteiger charge is 2.10. The molecule has 0 saturated carbocycles. The molecular weight excluding hydrogens is 354 g/mol. The van der Waals surface area contributed by atoms with E-state index in [0.29, 0.717) is 23.2 Å². The third-order valence-electron chi connectivity index (χ3n) is 3.79. The standard InChI is InChI=1S/C19H14ClN3OS/c1-12-21-17(11-25-12)14-4-6-15(7-5-14)19-22-18(24-23-19)10-13-2-8-16(20)9-3-13/h2-9,11H,10H2,1H3. The molecule has 2 aromatic heterocycles. The molecule has 0 radical (unpaired) electrons. The van der Waals surface area contributed by atoms with E-state index in [1.165, 1.54) is 0 Å². The molecule has 0 unspecified atom stereocenters. The summed E-state index contributed by atoms with van der Waals surface area (Å²) in [5.41, 5.74) is 4.07. The highest BCUT2D eigenvalue weighted by atomic mass is 35.5. The Morgan fingerprint density at radius 3 is 2.36 bits per heavy atom. The molecule has 2 aromatic carbocycles. The van der Waals surface area contributed by atoms with Crippen LogP contribution >= 0.6 is 22.9 Å². The molecule has 4 nitrogen and oxygen atoms in total. The molecule has 0 amide bonds. The predicted octanol–water partition coefficient (Wildman–Crippen LogP) is 5.41. The second-order valence-corrected chi connectivity index (χ2v) is 7.14. The lowest BCUT2D eigenvalue weighted by molar-refractivity contribution is 0.385. The van der Waals surface area contributed by atoms with Gasteiger partial charge >= 0.3 is 0 Å². The van der Waals surface area contributed by atoms with Gasteiger partial charge in [0, 0.05) is 21.5 Å². The molecule has 0 spiro atoms. The van der Waals surface area contributed by atoms with Crippen molar-refractivity contribution in [3.8, 4) is 22.6 Å². The summed E-state index contributed by atoms with van der Waals surface area (Å²) in [6.07, 6.45) is 0.584. The number of rotatable bonds is 4. The molecular formula is C19H14ClN3OS. The van der Waals surface area contributed by atoms with E-state index in [4.69, 9.17) is 16.1 Å². The average molecular weight is 368 g/mol. The van der Waals surface area contributed by atoms with Crippen molar-refractivity contribution in [2.45, 2.75) is 13.3 Å². The maximum Gasteiger partial charge on any atom is 0.231 e. The molecule has 0 aliphatic carbocycles. The lowest BCUT2D eigenvalue weighted by atomic mass is 10.1. The van der Waals surface area contributed by atoms with Gasteiger partial charge in [-0.25, -0.2) is 4.98 Å². The minimum absolute atomic E-state index is 0.580. The number of nitrogens with zero attached hydrogens (tertiary/aromatic N) is 3. The fourth-order valence-electron chi connectivity index (χ4n) is 2.51. The van der Waals surface area contributed by atoms with Crippen molar-refractivity contribution in [3.63, 3.8) is 0 Å². The van der Waals surface area contributed by atoms with E-state index in [0.717, 1.165) is 27.4 Å². The molecule has 6 heteroatoms. The number of aromatic nitrogens is 3. The summed E-state index contributed by atoms with van der Waals surface area (Å²) in [5.74, 6) is 1.17. The SMILES string of the molecule is Cc1nc(-c2ccc(-c3noc(Cc4ccc(Cl)cc4)n3)cc2)cs1. The Hall–Kier alpha value is -2.50. The summed E-state index contributed by atoms with van der Waals surface area (Å²) in [4.78, 5) is 8.98. The second kappa shape index (κ2) is 6.78. The molecule has 124 valence electrons. The highest BCUT2D eigenvalue weighted by Crippen LogP contribution is 2.25. The monoisotopic (exact) mass is 367 g/mol. The van der Waals surface area contributed by atoms with Gasteiger partial charge in [0.25, 0.3) is 0 Å². The first-order chi connectivity index (χ1) is 12.2. The van der Waals surface area contributed by atoms with E-state index >= 15 is 0 Å². The van der Waals surface area contributed by atoms with Gasteiger partial charge in [-0.15, -0.1) is 11.3 Å². The van der Waals surface area contributed by atoms with Crippen LogP contribution in [0.4, 0.5) is 0 Å². The molecule has 0 N–H and O–H groups in total. The predicted molar refractivity (Wildman–Crippen MR) is 99.8 cm³/mol. The van der Waals surface area contributed by atoms with Crippen LogP contribution in [0.2, 0.25) is 5.02 Å². The first-order valence-corrected chi connectivity index (χ1v) is 9.03. The van der Waals surface area contributed by atoms with Crippen LogP contribution in [0, 0.1) is 6.92 Å². The Kier molecular flexibility index (Phi) is 4.34. The van der Waals surface area contributed by atoms with Crippen molar-refractivity contribution in [2.75, 3.05) is 0 Å². The van der Waals surface area contributed by atoms with Crippen LogP contribution in [0.5, 0.6) is 0 Å². The zero-order valence-electron chi connectivity index (χ0n) is 13.4. The van der Waals surface area contributed by atoms with E-state index in [1.54, 1.807) is 11.3 Å². The lowest BCUT2D eigenvalue weighted by Gasteiger charge is -1.98. The van der Waals surface area contributed by atoms with Gasteiger partial charge in [0.2, 0.25) is 11.7 Å². The lowest BCUT2D eigenvalue weighted by Crippen LogP contribution is -1.88. The Balaban J connectivity index is 1.52. The van der Waals surface area contributed by atoms with Crippen LogP contribution in [0.25, 0.3) is 22.6 Å². The van der Waals surface area contributed by atoms with Gasteiger partial charge in [0.15, 0.2) is 0 Å². The van der Waals surface area contributed by atoms with Crippen LogP contribution in [0.1, 0.15) is 16.5 Å². The molecule has 4 rings (SSSR count). The zero-order chi connectivity index (χ0) is 17.2. The number of hydrogen-bond acceptors (Lipinski definition) is 5. The Bertz CT molecular complexity index is 990. The summed E-state index contributed by atoms with van der Waals surface area (Å²) >= 11 is 7.55. The number of thiazole rings is 1. The summed E-state index contributed by atoms with van der Waals surface area (Å²) in [6, 6.07) is 15.6. The van der Waals surface area contributed by atoms with E-state index in [9.17, 15) is 0 Å².